The van der Waals surface area contributed by atoms with Crippen molar-refractivity contribution in [3.8, 4) is 5.75 Å². The third-order valence-corrected chi connectivity index (χ3v) is 6.58. The van der Waals surface area contributed by atoms with E-state index in [4.69, 9.17) is 0 Å². The minimum atomic E-state index is 0.195. The van der Waals surface area contributed by atoms with Crippen LogP contribution in [0.3, 0.4) is 0 Å². The predicted octanol–water partition coefficient (Wildman–Crippen LogP) is 5.19. The molecule has 0 amide bonds. The number of nitrogens with one attached hydrogen (secondary N) is 1. The van der Waals surface area contributed by atoms with Gasteiger partial charge in [0.15, 0.2) is 0 Å². The first kappa shape index (κ1) is 18.4. The van der Waals surface area contributed by atoms with Crippen LogP contribution in [0, 0.1) is 5.92 Å². The van der Waals surface area contributed by atoms with Crippen molar-refractivity contribution in [2.45, 2.75) is 63.3 Å². The molecule has 1 saturated carbocycles. The van der Waals surface area contributed by atoms with Crippen molar-refractivity contribution in [1.82, 2.24) is 0 Å². The predicted molar refractivity (Wildman–Crippen MR) is 110 cm³/mol. The molecule has 1 heterocycles. The SMILES string of the molecule is CCCCCc1cc(O)c2c(c1)NC1C(CO)CCC(c3ccccc3)C21. The molecule has 2 aliphatic rings. The molecule has 4 unspecified atom stereocenters. The molecule has 3 N–H and O–H groups in total. The van der Waals surface area contributed by atoms with Crippen LogP contribution in [0.25, 0.3) is 0 Å². The van der Waals surface area contributed by atoms with E-state index in [1.807, 2.05) is 6.07 Å². The molecule has 2 aromatic rings. The topological polar surface area (TPSA) is 52.5 Å². The van der Waals surface area contributed by atoms with Gasteiger partial charge in [0.1, 0.15) is 5.75 Å². The number of aliphatic hydroxyl groups excluding tert-OH is 1. The molecule has 2 aromatic carbocycles. The standard InChI is InChI=1S/C24H31NO2/c1-2-3-5-8-16-13-20-23(21(27)14-16)22-19(17-9-6-4-7-10-17)12-11-18(15-26)24(22)25-20/h4,6-7,9-10,13-14,18-19,22,24-27H,2-3,5,8,11-12,15H2,1H3. The lowest BCUT2D eigenvalue weighted by Crippen LogP contribution is -2.39. The molecule has 1 aliphatic heterocycles. The summed E-state index contributed by atoms with van der Waals surface area (Å²) in [5.41, 5.74) is 4.69. The van der Waals surface area contributed by atoms with Crippen molar-refractivity contribution in [3.63, 3.8) is 0 Å². The van der Waals surface area contributed by atoms with Crippen LogP contribution < -0.4 is 5.32 Å². The number of rotatable bonds is 6. The van der Waals surface area contributed by atoms with Gasteiger partial charge in [-0.2, -0.15) is 0 Å². The van der Waals surface area contributed by atoms with Crippen molar-refractivity contribution >= 4 is 5.69 Å². The first-order chi connectivity index (χ1) is 13.2. The van der Waals surface area contributed by atoms with Gasteiger partial charge in [0, 0.05) is 35.7 Å². The van der Waals surface area contributed by atoms with Gasteiger partial charge in [-0.15, -0.1) is 0 Å². The molecular weight excluding hydrogens is 334 g/mol. The largest absolute Gasteiger partial charge is 0.508 e. The number of fused-ring (bicyclic) bond motifs is 3. The summed E-state index contributed by atoms with van der Waals surface area (Å²) in [6.45, 7) is 2.42. The number of aromatic hydroxyl groups is 1. The van der Waals surface area contributed by atoms with Crippen molar-refractivity contribution in [2.24, 2.45) is 5.92 Å². The summed E-state index contributed by atoms with van der Waals surface area (Å²) >= 11 is 0. The Hall–Kier alpha value is -2.00. The van der Waals surface area contributed by atoms with Gasteiger partial charge < -0.3 is 15.5 Å². The quantitative estimate of drug-likeness (QED) is 0.618. The van der Waals surface area contributed by atoms with Crippen LogP contribution >= 0.6 is 0 Å². The Kier molecular flexibility index (Phi) is 5.40. The second-order valence-electron chi connectivity index (χ2n) is 8.27. The van der Waals surface area contributed by atoms with Crippen LogP contribution in [0.4, 0.5) is 5.69 Å². The number of hydrogen-bond acceptors (Lipinski definition) is 3. The van der Waals surface area contributed by atoms with Gasteiger partial charge in [-0.25, -0.2) is 0 Å². The van der Waals surface area contributed by atoms with E-state index in [1.54, 1.807) is 0 Å². The van der Waals surface area contributed by atoms with E-state index in [-0.39, 0.29) is 24.5 Å². The Balaban J connectivity index is 1.69. The minimum absolute atomic E-state index is 0.195. The normalized spacial score (nSPS) is 26.3. The fraction of sp³-hybridized carbons (Fsp3) is 0.500. The van der Waals surface area contributed by atoms with Gasteiger partial charge in [0.25, 0.3) is 0 Å². The minimum Gasteiger partial charge on any atom is -0.508 e. The lowest BCUT2D eigenvalue weighted by molar-refractivity contribution is 0.159. The van der Waals surface area contributed by atoms with Gasteiger partial charge in [-0.1, -0.05) is 50.1 Å². The highest BCUT2D eigenvalue weighted by Gasteiger charge is 2.46. The maximum absolute atomic E-state index is 10.9. The number of unbranched alkanes of at least 4 members (excludes halogenated alkanes) is 2. The van der Waals surface area contributed by atoms with E-state index >= 15 is 0 Å². The van der Waals surface area contributed by atoms with E-state index < -0.39 is 0 Å². The third kappa shape index (κ3) is 3.45. The van der Waals surface area contributed by atoms with Gasteiger partial charge in [-0.05, 0) is 54.9 Å². The molecule has 0 aromatic heterocycles. The Bertz CT molecular complexity index is 773. The van der Waals surface area contributed by atoms with E-state index in [0.29, 0.717) is 11.7 Å². The molecule has 144 valence electrons. The zero-order valence-electron chi connectivity index (χ0n) is 16.2. The molecule has 0 bridgehead atoms. The van der Waals surface area contributed by atoms with Crippen molar-refractivity contribution in [2.75, 3.05) is 11.9 Å². The number of phenols is 1. The fourth-order valence-corrected chi connectivity index (χ4v) is 5.23. The summed E-state index contributed by atoms with van der Waals surface area (Å²) in [6, 6.07) is 15.1. The highest BCUT2D eigenvalue weighted by atomic mass is 16.3. The molecule has 1 fully saturated rings. The molecule has 4 rings (SSSR count). The summed E-state index contributed by atoms with van der Waals surface area (Å²) in [6.07, 6.45) is 6.66. The summed E-state index contributed by atoms with van der Waals surface area (Å²) in [7, 11) is 0. The molecular formula is C24H31NO2. The zero-order valence-corrected chi connectivity index (χ0v) is 16.2. The maximum atomic E-state index is 10.9. The third-order valence-electron chi connectivity index (χ3n) is 6.58. The first-order valence-corrected chi connectivity index (χ1v) is 10.5. The molecule has 27 heavy (non-hydrogen) atoms. The molecule has 3 heteroatoms. The molecule has 0 saturated heterocycles. The van der Waals surface area contributed by atoms with E-state index in [1.165, 1.54) is 24.0 Å². The van der Waals surface area contributed by atoms with Gasteiger partial charge in [0.05, 0.1) is 0 Å². The van der Waals surface area contributed by atoms with Crippen LogP contribution in [0.1, 0.15) is 67.6 Å². The summed E-state index contributed by atoms with van der Waals surface area (Å²) < 4.78 is 0. The Labute approximate surface area is 162 Å². The number of aryl methyl sites for hydroxylation is 1. The lowest BCUT2D eigenvalue weighted by Gasteiger charge is -2.39. The fourth-order valence-electron chi connectivity index (χ4n) is 5.23. The zero-order chi connectivity index (χ0) is 18.8. The highest BCUT2D eigenvalue weighted by Crippen LogP contribution is 2.55. The lowest BCUT2D eigenvalue weighted by atomic mass is 9.67. The van der Waals surface area contributed by atoms with E-state index in [0.717, 1.165) is 36.9 Å². The first-order valence-electron chi connectivity index (χ1n) is 10.5. The summed E-state index contributed by atoms with van der Waals surface area (Å²) in [5, 5.41) is 24.6. The summed E-state index contributed by atoms with van der Waals surface area (Å²) in [4.78, 5) is 0. The Morgan fingerprint density at radius 2 is 1.89 bits per heavy atom. The van der Waals surface area contributed by atoms with Crippen molar-refractivity contribution < 1.29 is 10.2 Å². The van der Waals surface area contributed by atoms with Crippen molar-refractivity contribution in [1.29, 1.82) is 0 Å². The van der Waals surface area contributed by atoms with Crippen LogP contribution in [0.5, 0.6) is 5.75 Å². The maximum Gasteiger partial charge on any atom is 0.121 e. The summed E-state index contributed by atoms with van der Waals surface area (Å²) in [5.74, 6) is 1.27. The van der Waals surface area contributed by atoms with Crippen LogP contribution in [-0.4, -0.2) is 22.9 Å². The molecule has 4 atom stereocenters. The van der Waals surface area contributed by atoms with E-state index in [2.05, 4.69) is 48.6 Å². The van der Waals surface area contributed by atoms with Crippen LogP contribution in [-0.2, 0) is 6.42 Å². The second-order valence-corrected chi connectivity index (χ2v) is 8.27. The number of benzene rings is 2. The van der Waals surface area contributed by atoms with Gasteiger partial charge >= 0.3 is 0 Å². The highest BCUT2D eigenvalue weighted by molar-refractivity contribution is 5.67. The second kappa shape index (κ2) is 7.93. The van der Waals surface area contributed by atoms with Gasteiger partial charge in [-0.3, -0.25) is 0 Å². The molecule has 3 nitrogen and oxygen atoms in total. The van der Waals surface area contributed by atoms with E-state index in [9.17, 15) is 10.2 Å². The Morgan fingerprint density at radius 1 is 1.07 bits per heavy atom. The average molecular weight is 366 g/mol. The average Bonchev–Trinajstić information content (AvgIpc) is 3.08. The van der Waals surface area contributed by atoms with Crippen LogP contribution in [0.15, 0.2) is 42.5 Å². The molecule has 0 spiro atoms. The smallest absolute Gasteiger partial charge is 0.121 e. The molecule has 1 aliphatic carbocycles. The number of phenolic OH excluding ortho intramolecular Hbond substituents is 1. The number of hydrogen-bond donors (Lipinski definition) is 3. The monoisotopic (exact) mass is 365 g/mol. The van der Waals surface area contributed by atoms with Crippen LogP contribution in [0.2, 0.25) is 0 Å². The number of anilines is 1. The molecule has 0 radical (unpaired) electrons. The van der Waals surface area contributed by atoms with Crippen molar-refractivity contribution in [3.05, 3.63) is 59.2 Å². The van der Waals surface area contributed by atoms with Gasteiger partial charge in [0.2, 0.25) is 0 Å². The number of aliphatic hydroxyl groups is 1. The Morgan fingerprint density at radius 3 is 2.63 bits per heavy atom.